The standard InChI is InChI=1S/C41H30N2S/c1-3-7-29(8-4-1)31-11-13-32(14-12-31)34-17-21-36(22-18-34)43(35-19-15-33(16-20-35)30-9-5-2-6-10-30)37-23-24-38-39-25-26-42-28-41(39)44-40(38)27-37/h1-27,42H,28H2. The van der Waals surface area contributed by atoms with Gasteiger partial charge in [0, 0.05) is 38.6 Å². The Morgan fingerprint density at radius 2 is 0.932 bits per heavy atom. The van der Waals surface area contributed by atoms with E-state index in [2.05, 4.69) is 174 Å². The van der Waals surface area contributed by atoms with Gasteiger partial charge in [0.1, 0.15) is 0 Å². The number of benzene rings is 6. The quantitative estimate of drug-likeness (QED) is 0.210. The molecule has 0 atom stereocenters. The fourth-order valence-electron chi connectivity index (χ4n) is 6.07. The van der Waals surface area contributed by atoms with Gasteiger partial charge in [-0.2, -0.15) is 0 Å². The lowest BCUT2D eigenvalue weighted by Gasteiger charge is -2.26. The molecular weight excluding hydrogens is 553 g/mol. The molecule has 1 aromatic heterocycles. The van der Waals surface area contributed by atoms with Gasteiger partial charge in [0.15, 0.2) is 0 Å². The SMILES string of the molecule is C1=Cc2c(sc3cc(N(c4ccc(-c5ccccc5)cc4)c4ccc(-c5ccc(-c6ccccc6)cc5)cc4)ccc23)CN1. The Kier molecular flexibility index (Phi) is 6.78. The molecule has 2 nitrogen and oxygen atoms in total. The lowest BCUT2D eigenvalue weighted by Crippen LogP contribution is -2.09. The third-order valence-electron chi connectivity index (χ3n) is 8.36. The molecule has 0 spiro atoms. The van der Waals surface area contributed by atoms with E-state index in [4.69, 9.17) is 0 Å². The monoisotopic (exact) mass is 582 g/mol. The van der Waals surface area contributed by atoms with Gasteiger partial charge in [-0.15, -0.1) is 11.3 Å². The lowest BCUT2D eigenvalue weighted by molar-refractivity contribution is 0.878. The summed E-state index contributed by atoms with van der Waals surface area (Å²) in [7, 11) is 0. The van der Waals surface area contributed by atoms with Crippen molar-refractivity contribution >= 4 is 44.6 Å². The average Bonchev–Trinajstić information content (AvgIpc) is 3.48. The van der Waals surface area contributed by atoms with Crippen LogP contribution in [0.1, 0.15) is 10.4 Å². The van der Waals surface area contributed by atoms with Crippen LogP contribution in [0, 0.1) is 0 Å². The molecule has 0 saturated carbocycles. The molecule has 1 N–H and O–H groups in total. The number of thiophene rings is 1. The topological polar surface area (TPSA) is 15.3 Å². The summed E-state index contributed by atoms with van der Waals surface area (Å²) >= 11 is 1.88. The molecule has 1 aliphatic heterocycles. The summed E-state index contributed by atoms with van der Waals surface area (Å²) in [5.41, 5.74) is 12.1. The first-order valence-electron chi connectivity index (χ1n) is 15.0. The van der Waals surface area contributed by atoms with Crippen LogP contribution in [0.3, 0.4) is 0 Å². The Balaban J connectivity index is 1.17. The molecule has 8 rings (SSSR count). The fraction of sp³-hybridized carbons (Fsp3) is 0.0244. The second-order valence-corrected chi connectivity index (χ2v) is 12.2. The minimum Gasteiger partial charge on any atom is -0.386 e. The number of anilines is 3. The molecule has 0 bridgehead atoms. The first kappa shape index (κ1) is 26.3. The number of nitrogens with zero attached hydrogens (tertiary/aromatic N) is 1. The van der Waals surface area contributed by atoms with Gasteiger partial charge in [-0.3, -0.25) is 0 Å². The maximum atomic E-state index is 3.36. The van der Waals surface area contributed by atoms with Crippen LogP contribution < -0.4 is 10.2 Å². The van der Waals surface area contributed by atoms with Gasteiger partial charge in [-0.25, -0.2) is 0 Å². The van der Waals surface area contributed by atoms with E-state index >= 15 is 0 Å². The predicted molar refractivity (Wildman–Crippen MR) is 189 cm³/mol. The maximum Gasteiger partial charge on any atom is 0.0495 e. The molecule has 0 saturated heterocycles. The number of hydrogen-bond acceptors (Lipinski definition) is 3. The maximum absolute atomic E-state index is 3.36. The first-order valence-corrected chi connectivity index (χ1v) is 15.8. The summed E-state index contributed by atoms with van der Waals surface area (Å²) in [4.78, 5) is 3.75. The third kappa shape index (κ3) is 4.98. The molecule has 0 aliphatic carbocycles. The third-order valence-corrected chi connectivity index (χ3v) is 9.53. The molecule has 2 heterocycles. The zero-order valence-corrected chi connectivity index (χ0v) is 25.0. The molecule has 0 fully saturated rings. The van der Waals surface area contributed by atoms with Crippen LogP contribution in [0.15, 0.2) is 158 Å². The highest BCUT2D eigenvalue weighted by atomic mass is 32.1. The highest BCUT2D eigenvalue weighted by Crippen LogP contribution is 2.41. The largest absolute Gasteiger partial charge is 0.386 e. The molecule has 0 radical (unpaired) electrons. The first-order chi connectivity index (χ1) is 21.8. The molecular formula is C41H30N2S. The zero-order chi connectivity index (χ0) is 29.3. The highest BCUT2D eigenvalue weighted by Gasteiger charge is 2.17. The van der Waals surface area contributed by atoms with Gasteiger partial charge >= 0.3 is 0 Å². The van der Waals surface area contributed by atoms with E-state index in [1.54, 1.807) is 0 Å². The van der Waals surface area contributed by atoms with E-state index in [-0.39, 0.29) is 0 Å². The molecule has 3 heteroatoms. The number of rotatable bonds is 6. The van der Waals surface area contributed by atoms with Gasteiger partial charge in [-0.1, -0.05) is 115 Å². The second kappa shape index (κ2) is 11.4. The number of fused-ring (bicyclic) bond motifs is 3. The molecule has 44 heavy (non-hydrogen) atoms. The normalized spacial score (nSPS) is 12.1. The van der Waals surface area contributed by atoms with Crippen LogP contribution in [-0.2, 0) is 6.54 Å². The Hall–Kier alpha value is -5.38. The molecule has 0 amide bonds. The molecule has 6 aromatic carbocycles. The summed E-state index contributed by atoms with van der Waals surface area (Å²) in [6.07, 6.45) is 4.25. The minimum atomic E-state index is 0.888. The van der Waals surface area contributed by atoms with Crippen LogP contribution in [0.25, 0.3) is 49.5 Å². The summed E-state index contributed by atoms with van der Waals surface area (Å²) in [5.74, 6) is 0. The molecule has 1 aliphatic rings. The van der Waals surface area contributed by atoms with Crippen molar-refractivity contribution in [3.8, 4) is 33.4 Å². The van der Waals surface area contributed by atoms with Gasteiger partial charge in [0.05, 0.1) is 0 Å². The Labute approximate surface area is 262 Å². The molecule has 0 unspecified atom stereocenters. The van der Waals surface area contributed by atoms with E-state index in [0.29, 0.717) is 0 Å². The van der Waals surface area contributed by atoms with Crippen LogP contribution in [0.2, 0.25) is 0 Å². The van der Waals surface area contributed by atoms with E-state index in [1.165, 1.54) is 53.9 Å². The number of hydrogen-bond donors (Lipinski definition) is 1. The second-order valence-electron chi connectivity index (χ2n) is 11.1. The van der Waals surface area contributed by atoms with Crippen LogP contribution in [0.4, 0.5) is 17.1 Å². The van der Waals surface area contributed by atoms with Crippen molar-refractivity contribution in [3.63, 3.8) is 0 Å². The predicted octanol–water partition coefficient (Wildman–Crippen LogP) is 11.4. The van der Waals surface area contributed by atoms with Crippen molar-refractivity contribution in [2.45, 2.75) is 6.54 Å². The van der Waals surface area contributed by atoms with Crippen molar-refractivity contribution < 1.29 is 0 Å². The average molecular weight is 583 g/mol. The summed E-state index contributed by atoms with van der Waals surface area (Å²) in [6.45, 7) is 0.888. The van der Waals surface area contributed by atoms with Gasteiger partial charge < -0.3 is 10.2 Å². The zero-order valence-electron chi connectivity index (χ0n) is 24.2. The Morgan fingerprint density at radius 1 is 0.477 bits per heavy atom. The highest BCUT2D eigenvalue weighted by molar-refractivity contribution is 7.19. The van der Waals surface area contributed by atoms with Gasteiger partial charge in [0.25, 0.3) is 0 Å². The van der Waals surface area contributed by atoms with Crippen molar-refractivity contribution in [1.29, 1.82) is 0 Å². The van der Waals surface area contributed by atoms with Gasteiger partial charge in [0.2, 0.25) is 0 Å². The van der Waals surface area contributed by atoms with E-state index in [9.17, 15) is 0 Å². The van der Waals surface area contributed by atoms with Crippen molar-refractivity contribution in [3.05, 3.63) is 168 Å². The van der Waals surface area contributed by atoms with Crippen molar-refractivity contribution in [1.82, 2.24) is 5.32 Å². The smallest absolute Gasteiger partial charge is 0.0495 e. The minimum absolute atomic E-state index is 0.888. The lowest BCUT2D eigenvalue weighted by atomic mass is 10.00. The molecule has 7 aromatic rings. The fourth-order valence-corrected chi connectivity index (χ4v) is 7.25. The van der Waals surface area contributed by atoms with E-state index in [0.717, 1.165) is 23.6 Å². The Bertz CT molecular complexity index is 2070. The van der Waals surface area contributed by atoms with Crippen LogP contribution in [-0.4, -0.2) is 0 Å². The van der Waals surface area contributed by atoms with Crippen LogP contribution in [0.5, 0.6) is 0 Å². The summed E-state index contributed by atoms with van der Waals surface area (Å²) in [5, 5.41) is 4.68. The van der Waals surface area contributed by atoms with Crippen LogP contribution >= 0.6 is 11.3 Å². The summed E-state index contributed by atoms with van der Waals surface area (Å²) < 4.78 is 1.31. The van der Waals surface area contributed by atoms with Gasteiger partial charge in [-0.05, 0) is 87.6 Å². The summed E-state index contributed by atoms with van der Waals surface area (Å²) in [6, 6.07) is 54.7. The van der Waals surface area contributed by atoms with E-state index in [1.807, 2.05) is 11.3 Å². The van der Waals surface area contributed by atoms with E-state index < -0.39 is 0 Å². The number of nitrogens with one attached hydrogen (secondary N) is 1. The van der Waals surface area contributed by atoms with Crippen molar-refractivity contribution in [2.75, 3.05) is 4.90 Å². The molecule has 210 valence electrons. The Morgan fingerprint density at radius 3 is 1.45 bits per heavy atom. The van der Waals surface area contributed by atoms with Crippen molar-refractivity contribution in [2.24, 2.45) is 0 Å².